The van der Waals surface area contributed by atoms with Crippen molar-refractivity contribution >= 4 is 0 Å². The summed E-state index contributed by atoms with van der Waals surface area (Å²) in [7, 11) is 1.71. The maximum absolute atomic E-state index is 12.9. The molecule has 5 nitrogen and oxygen atoms in total. The number of hydrogen-bond acceptors (Lipinski definition) is 4. The van der Waals surface area contributed by atoms with E-state index in [0.29, 0.717) is 24.8 Å². The Labute approximate surface area is 141 Å². The molecule has 1 saturated heterocycles. The van der Waals surface area contributed by atoms with E-state index in [0.717, 1.165) is 31.6 Å². The quantitative estimate of drug-likeness (QED) is 0.781. The smallest absolute Gasteiger partial charge is 0.157 e. The van der Waals surface area contributed by atoms with Gasteiger partial charge in [0, 0.05) is 19.6 Å². The fourth-order valence-electron chi connectivity index (χ4n) is 2.92. The number of rotatable bonds is 7. The predicted molar refractivity (Wildman–Crippen MR) is 87.6 cm³/mol. The first-order valence-electron chi connectivity index (χ1n) is 8.25. The maximum atomic E-state index is 12.9. The lowest BCUT2D eigenvalue weighted by atomic mass is 9.96. The van der Waals surface area contributed by atoms with Crippen molar-refractivity contribution in [2.24, 2.45) is 5.92 Å². The van der Waals surface area contributed by atoms with Crippen LogP contribution in [0.15, 0.2) is 36.7 Å². The van der Waals surface area contributed by atoms with Gasteiger partial charge in [-0.1, -0.05) is 12.1 Å². The maximum Gasteiger partial charge on any atom is 0.157 e. The Bertz CT molecular complexity index is 623. The van der Waals surface area contributed by atoms with Crippen LogP contribution in [0.1, 0.15) is 18.4 Å². The third-order valence-corrected chi connectivity index (χ3v) is 4.31. The summed E-state index contributed by atoms with van der Waals surface area (Å²) in [6.07, 6.45) is 5.72. The predicted octanol–water partition coefficient (Wildman–Crippen LogP) is 2.89. The Morgan fingerprint density at radius 2 is 2.21 bits per heavy atom. The van der Waals surface area contributed by atoms with Crippen molar-refractivity contribution in [3.05, 3.63) is 48.0 Å². The zero-order valence-corrected chi connectivity index (χ0v) is 13.9. The molecule has 2 unspecified atom stereocenters. The van der Waals surface area contributed by atoms with Gasteiger partial charge in [0.25, 0.3) is 0 Å². The molecular weight excluding hydrogens is 311 g/mol. The fraction of sp³-hybridized carbons (Fsp3) is 0.500. The number of aromatic nitrogens is 2. The molecule has 1 aromatic heterocycles. The van der Waals surface area contributed by atoms with Crippen LogP contribution in [0.2, 0.25) is 0 Å². The molecular formula is C18H23FN2O3. The number of hydrogen-bond donors (Lipinski definition) is 0. The summed E-state index contributed by atoms with van der Waals surface area (Å²) < 4.78 is 31.6. The Morgan fingerprint density at radius 3 is 2.92 bits per heavy atom. The van der Waals surface area contributed by atoms with Crippen molar-refractivity contribution in [3.63, 3.8) is 0 Å². The monoisotopic (exact) mass is 334 g/mol. The molecule has 2 aromatic rings. The molecule has 0 spiro atoms. The van der Waals surface area contributed by atoms with E-state index in [9.17, 15) is 4.39 Å². The Hall–Kier alpha value is -1.92. The second kappa shape index (κ2) is 8.26. The van der Waals surface area contributed by atoms with Gasteiger partial charge in [-0.15, -0.1) is 0 Å². The van der Waals surface area contributed by atoms with Crippen LogP contribution in [0.4, 0.5) is 4.39 Å². The van der Waals surface area contributed by atoms with Crippen LogP contribution in [-0.2, 0) is 16.0 Å². The number of methoxy groups -OCH3 is 1. The lowest BCUT2D eigenvalue weighted by Crippen LogP contribution is -2.35. The van der Waals surface area contributed by atoms with Crippen LogP contribution >= 0.6 is 0 Å². The summed E-state index contributed by atoms with van der Waals surface area (Å²) in [5.74, 6) is 0.842. The molecule has 0 radical (unpaired) electrons. The topological polar surface area (TPSA) is 45.5 Å². The van der Waals surface area contributed by atoms with E-state index in [1.54, 1.807) is 30.1 Å². The Kier molecular flexibility index (Phi) is 5.82. The van der Waals surface area contributed by atoms with Gasteiger partial charge in [-0.2, -0.15) is 5.10 Å². The highest BCUT2D eigenvalue weighted by Crippen LogP contribution is 2.21. The third-order valence-electron chi connectivity index (χ3n) is 4.31. The molecule has 1 aromatic carbocycles. The number of ether oxygens (including phenoxy) is 3. The highest BCUT2D eigenvalue weighted by molar-refractivity contribution is 5.18. The average molecular weight is 334 g/mol. The lowest BCUT2D eigenvalue weighted by Gasteiger charge is -2.28. The SMILES string of the molecule is COC(COc1cnn(Cc2ccc(F)cc2)c1)C1CCCOC1. The third kappa shape index (κ3) is 4.55. The first-order valence-corrected chi connectivity index (χ1v) is 8.25. The minimum Gasteiger partial charge on any atom is -0.488 e. The minimum atomic E-state index is -0.236. The normalized spacial score (nSPS) is 19.2. The molecule has 6 heteroatoms. The molecule has 2 atom stereocenters. The lowest BCUT2D eigenvalue weighted by molar-refractivity contribution is -0.0456. The van der Waals surface area contributed by atoms with Gasteiger partial charge in [0.2, 0.25) is 0 Å². The van der Waals surface area contributed by atoms with Gasteiger partial charge in [-0.3, -0.25) is 4.68 Å². The Balaban J connectivity index is 1.52. The molecule has 0 N–H and O–H groups in total. The average Bonchev–Trinajstić information content (AvgIpc) is 3.06. The van der Waals surface area contributed by atoms with Crippen molar-refractivity contribution < 1.29 is 18.6 Å². The zero-order chi connectivity index (χ0) is 16.8. The Morgan fingerprint density at radius 1 is 1.38 bits per heavy atom. The molecule has 1 aliphatic heterocycles. The highest BCUT2D eigenvalue weighted by Gasteiger charge is 2.24. The van der Waals surface area contributed by atoms with Crippen LogP contribution in [0.3, 0.4) is 0 Å². The molecule has 3 rings (SSSR count). The van der Waals surface area contributed by atoms with E-state index in [1.165, 1.54) is 12.1 Å². The summed E-state index contributed by atoms with van der Waals surface area (Å²) >= 11 is 0. The molecule has 0 saturated carbocycles. The standard InChI is InChI=1S/C18H23FN2O3/c1-22-18(15-3-2-8-23-12-15)13-24-17-9-20-21(11-17)10-14-4-6-16(19)7-5-14/h4-7,9,11,15,18H,2-3,8,10,12-13H2,1H3. The highest BCUT2D eigenvalue weighted by atomic mass is 19.1. The summed E-state index contributed by atoms with van der Waals surface area (Å²) in [6.45, 7) is 2.62. The summed E-state index contributed by atoms with van der Waals surface area (Å²) in [6, 6.07) is 6.40. The minimum absolute atomic E-state index is 0.0192. The number of halogens is 1. The fourth-order valence-corrected chi connectivity index (χ4v) is 2.92. The largest absolute Gasteiger partial charge is 0.488 e. The van der Waals surface area contributed by atoms with Gasteiger partial charge < -0.3 is 14.2 Å². The van der Waals surface area contributed by atoms with Crippen LogP contribution in [0, 0.1) is 11.7 Å². The van der Waals surface area contributed by atoms with Gasteiger partial charge in [0.05, 0.1) is 31.6 Å². The van der Waals surface area contributed by atoms with E-state index in [1.807, 2.05) is 6.20 Å². The van der Waals surface area contributed by atoms with Crippen molar-refractivity contribution in [2.45, 2.75) is 25.5 Å². The van der Waals surface area contributed by atoms with Crippen molar-refractivity contribution in [1.29, 1.82) is 0 Å². The van der Waals surface area contributed by atoms with Gasteiger partial charge in [-0.05, 0) is 30.5 Å². The van der Waals surface area contributed by atoms with E-state index >= 15 is 0 Å². The molecule has 1 fully saturated rings. The summed E-state index contributed by atoms with van der Waals surface area (Å²) in [5, 5.41) is 4.28. The second-order valence-electron chi connectivity index (χ2n) is 6.06. The molecule has 0 amide bonds. The van der Waals surface area contributed by atoms with Gasteiger partial charge in [0.15, 0.2) is 5.75 Å². The molecule has 2 heterocycles. The van der Waals surface area contributed by atoms with Crippen LogP contribution in [0.5, 0.6) is 5.75 Å². The van der Waals surface area contributed by atoms with Crippen molar-refractivity contribution in [1.82, 2.24) is 9.78 Å². The molecule has 0 aliphatic carbocycles. The van der Waals surface area contributed by atoms with E-state index in [-0.39, 0.29) is 11.9 Å². The van der Waals surface area contributed by atoms with Crippen LogP contribution in [0.25, 0.3) is 0 Å². The van der Waals surface area contributed by atoms with Gasteiger partial charge in [0.1, 0.15) is 12.4 Å². The van der Waals surface area contributed by atoms with E-state index in [4.69, 9.17) is 14.2 Å². The number of benzene rings is 1. The zero-order valence-electron chi connectivity index (χ0n) is 13.9. The molecule has 0 bridgehead atoms. The molecule has 1 aliphatic rings. The van der Waals surface area contributed by atoms with Gasteiger partial charge in [-0.25, -0.2) is 4.39 Å². The van der Waals surface area contributed by atoms with Crippen molar-refractivity contribution in [2.75, 3.05) is 26.9 Å². The molecule has 24 heavy (non-hydrogen) atoms. The van der Waals surface area contributed by atoms with E-state index < -0.39 is 0 Å². The summed E-state index contributed by atoms with van der Waals surface area (Å²) in [4.78, 5) is 0. The molecule has 130 valence electrons. The first-order chi connectivity index (χ1) is 11.7. The van der Waals surface area contributed by atoms with Crippen molar-refractivity contribution in [3.8, 4) is 5.75 Å². The van der Waals surface area contributed by atoms with Crippen LogP contribution < -0.4 is 4.74 Å². The van der Waals surface area contributed by atoms with Gasteiger partial charge >= 0.3 is 0 Å². The summed E-state index contributed by atoms with van der Waals surface area (Å²) in [5.41, 5.74) is 0.986. The first kappa shape index (κ1) is 16.9. The van der Waals surface area contributed by atoms with Crippen LogP contribution in [-0.4, -0.2) is 42.8 Å². The number of nitrogens with zero attached hydrogens (tertiary/aromatic N) is 2. The van der Waals surface area contributed by atoms with E-state index in [2.05, 4.69) is 5.10 Å². The second-order valence-corrected chi connectivity index (χ2v) is 6.06.